The lowest BCUT2D eigenvalue weighted by molar-refractivity contribution is -0.00807. The number of likely N-dealkylation sites (tertiary alicyclic amines) is 1. The molecular weight excluding hydrogens is 309 g/mol. The highest BCUT2D eigenvalue weighted by molar-refractivity contribution is 14.1. The van der Waals surface area contributed by atoms with Gasteiger partial charge in [-0.3, -0.25) is 0 Å². The monoisotopic (exact) mass is 339 g/mol. The van der Waals surface area contributed by atoms with Crippen LogP contribution in [0, 0.1) is 11.3 Å². The Bertz CT molecular complexity index is 147. The van der Waals surface area contributed by atoms with Crippen LogP contribution in [0.1, 0.15) is 52.9 Å². The summed E-state index contributed by atoms with van der Waals surface area (Å²) < 4.78 is 0. The molecule has 0 radical (unpaired) electrons. The topological polar surface area (TPSA) is 3.24 Å². The average molecular weight is 339 g/mol. The van der Waals surface area contributed by atoms with Gasteiger partial charge in [0.25, 0.3) is 0 Å². The first kappa shape index (κ1) is 16.7. The highest BCUT2D eigenvalue weighted by Crippen LogP contribution is 2.53. The first-order valence-corrected chi connectivity index (χ1v) is 8.96. The van der Waals surface area contributed by atoms with E-state index in [1.165, 1.54) is 45.2 Å². The number of nitrogens with zero attached hydrogens (tertiary/aromatic N) is 1. The van der Waals surface area contributed by atoms with Crippen molar-refractivity contribution in [2.75, 3.05) is 25.1 Å². The summed E-state index contributed by atoms with van der Waals surface area (Å²) in [6.45, 7) is 9.03. The third kappa shape index (κ3) is 4.52. The molecule has 16 heavy (non-hydrogen) atoms. The molecular formula is C14H30IN. The second-order valence-corrected chi connectivity index (χ2v) is 4.99. The van der Waals surface area contributed by atoms with E-state index in [-0.39, 0.29) is 0 Å². The van der Waals surface area contributed by atoms with Gasteiger partial charge in [0.2, 0.25) is 0 Å². The van der Waals surface area contributed by atoms with Gasteiger partial charge in [0.15, 0.2) is 0 Å². The fraction of sp³-hybridized carbons (Fsp3) is 1.00. The van der Waals surface area contributed by atoms with E-state index in [0.717, 1.165) is 11.3 Å². The lowest BCUT2D eigenvalue weighted by Gasteiger charge is -2.52. The van der Waals surface area contributed by atoms with Crippen LogP contribution in [-0.2, 0) is 0 Å². The van der Waals surface area contributed by atoms with E-state index < -0.39 is 0 Å². The Morgan fingerprint density at radius 1 is 1.12 bits per heavy atom. The van der Waals surface area contributed by atoms with Gasteiger partial charge in [-0.2, -0.15) is 0 Å². The van der Waals surface area contributed by atoms with E-state index in [2.05, 4.69) is 41.5 Å². The lowest BCUT2D eigenvalue weighted by atomic mass is 9.57. The Hall–Kier alpha value is 0.690. The molecule has 0 N–H and O–H groups in total. The Morgan fingerprint density at radius 2 is 1.56 bits per heavy atom. The molecule has 1 saturated heterocycles. The van der Waals surface area contributed by atoms with Crippen molar-refractivity contribution >= 4 is 22.6 Å². The molecule has 98 valence electrons. The van der Waals surface area contributed by atoms with E-state index in [4.69, 9.17) is 0 Å². The Labute approximate surface area is 117 Å². The first-order chi connectivity index (χ1) is 7.74. The molecule has 0 aromatic carbocycles. The van der Waals surface area contributed by atoms with Crippen molar-refractivity contribution in [3.8, 4) is 0 Å². The van der Waals surface area contributed by atoms with Crippen molar-refractivity contribution in [2.45, 2.75) is 52.9 Å². The fourth-order valence-electron chi connectivity index (χ4n) is 2.95. The zero-order valence-electron chi connectivity index (χ0n) is 11.9. The highest BCUT2D eigenvalue weighted by atomic mass is 127. The predicted molar refractivity (Wildman–Crippen MR) is 83.5 cm³/mol. The molecule has 2 rings (SSSR count). The van der Waals surface area contributed by atoms with Crippen LogP contribution >= 0.6 is 22.6 Å². The van der Waals surface area contributed by atoms with Crippen LogP contribution < -0.4 is 0 Å². The standard InChI is InChI=1S/C11H21N.C2H6.CH3I/c1-3-10-8-11(9-10)4-6-12(2)7-5-11;2*1-2/h10H,3-9H2,1-2H3;1-2H3;1H3. The molecule has 0 aromatic rings. The Kier molecular flexibility index (Phi) is 9.11. The third-order valence-corrected chi connectivity index (χ3v) is 4.07. The predicted octanol–water partition coefficient (Wildman–Crippen LogP) is 4.60. The molecule has 1 spiro atoms. The molecule has 0 atom stereocenters. The maximum atomic E-state index is 2.48. The number of halogens is 1. The van der Waals surface area contributed by atoms with Gasteiger partial charge < -0.3 is 4.90 Å². The van der Waals surface area contributed by atoms with Crippen LogP contribution in [0.2, 0.25) is 0 Å². The number of hydrogen-bond acceptors (Lipinski definition) is 1. The molecule has 1 saturated carbocycles. The second-order valence-electron chi connectivity index (χ2n) is 4.99. The van der Waals surface area contributed by atoms with Crippen LogP contribution in [0.25, 0.3) is 0 Å². The molecule has 0 bridgehead atoms. The van der Waals surface area contributed by atoms with Crippen molar-refractivity contribution in [1.29, 1.82) is 0 Å². The summed E-state index contributed by atoms with van der Waals surface area (Å²) in [6.07, 6.45) is 7.44. The van der Waals surface area contributed by atoms with E-state index in [1.807, 2.05) is 18.8 Å². The fourth-order valence-corrected chi connectivity index (χ4v) is 2.95. The molecule has 1 aliphatic carbocycles. The van der Waals surface area contributed by atoms with Crippen molar-refractivity contribution in [3.63, 3.8) is 0 Å². The van der Waals surface area contributed by atoms with Gasteiger partial charge in [0.05, 0.1) is 0 Å². The van der Waals surface area contributed by atoms with Gasteiger partial charge in [0.1, 0.15) is 0 Å². The summed E-state index contributed by atoms with van der Waals surface area (Å²) in [5.41, 5.74) is 0.813. The van der Waals surface area contributed by atoms with Crippen LogP contribution in [0.3, 0.4) is 0 Å². The summed E-state index contributed by atoms with van der Waals surface area (Å²) in [6, 6.07) is 0. The summed E-state index contributed by atoms with van der Waals surface area (Å²) in [5, 5.41) is 0. The highest BCUT2D eigenvalue weighted by Gasteiger charge is 2.44. The van der Waals surface area contributed by atoms with E-state index in [9.17, 15) is 0 Å². The summed E-state index contributed by atoms with van der Waals surface area (Å²) in [5.74, 6) is 1.08. The van der Waals surface area contributed by atoms with Gasteiger partial charge in [-0.25, -0.2) is 0 Å². The maximum absolute atomic E-state index is 2.48. The Morgan fingerprint density at radius 3 is 1.94 bits per heavy atom. The largest absolute Gasteiger partial charge is 0.306 e. The van der Waals surface area contributed by atoms with Gasteiger partial charge in [-0.05, 0) is 62.1 Å². The molecule has 2 heteroatoms. The number of alkyl halides is 1. The summed E-state index contributed by atoms with van der Waals surface area (Å²) in [7, 11) is 2.25. The zero-order chi connectivity index (χ0) is 12.6. The molecule has 2 fully saturated rings. The van der Waals surface area contributed by atoms with E-state index in [1.54, 1.807) is 0 Å². The molecule has 1 aliphatic heterocycles. The van der Waals surface area contributed by atoms with E-state index >= 15 is 0 Å². The Balaban J connectivity index is 0.000000509. The van der Waals surface area contributed by atoms with Crippen molar-refractivity contribution in [1.82, 2.24) is 4.90 Å². The minimum Gasteiger partial charge on any atom is -0.306 e. The number of rotatable bonds is 1. The van der Waals surface area contributed by atoms with Crippen LogP contribution in [0.4, 0.5) is 0 Å². The molecule has 0 amide bonds. The maximum Gasteiger partial charge on any atom is -0.00165 e. The second kappa shape index (κ2) is 8.73. The normalized spacial score (nSPS) is 23.6. The summed E-state index contributed by atoms with van der Waals surface area (Å²) in [4.78, 5) is 4.45. The number of hydrogen-bond donors (Lipinski definition) is 0. The zero-order valence-corrected chi connectivity index (χ0v) is 14.0. The first-order valence-electron chi connectivity index (χ1n) is 6.80. The van der Waals surface area contributed by atoms with Gasteiger partial charge in [-0.1, -0.05) is 49.8 Å². The molecule has 2 aliphatic rings. The molecule has 0 aromatic heterocycles. The minimum atomic E-state index is 0.813. The average Bonchev–Trinajstić information content (AvgIpc) is 2.33. The molecule has 1 heterocycles. The van der Waals surface area contributed by atoms with Crippen molar-refractivity contribution in [2.24, 2.45) is 11.3 Å². The van der Waals surface area contributed by atoms with Crippen LogP contribution in [0.15, 0.2) is 0 Å². The molecule has 1 nitrogen and oxygen atoms in total. The SMILES string of the molecule is CC.CCC1CC2(CCN(C)CC2)C1.CI. The lowest BCUT2D eigenvalue weighted by Crippen LogP contribution is -2.45. The van der Waals surface area contributed by atoms with E-state index in [0.29, 0.717) is 0 Å². The van der Waals surface area contributed by atoms with Gasteiger partial charge in [-0.15, -0.1) is 0 Å². The minimum absolute atomic E-state index is 0.813. The van der Waals surface area contributed by atoms with Crippen molar-refractivity contribution < 1.29 is 0 Å². The third-order valence-electron chi connectivity index (χ3n) is 4.07. The van der Waals surface area contributed by atoms with Crippen molar-refractivity contribution in [3.05, 3.63) is 0 Å². The summed E-state index contributed by atoms with van der Waals surface area (Å²) >= 11 is 2.15. The molecule has 0 unspecified atom stereocenters. The van der Waals surface area contributed by atoms with Crippen LogP contribution in [-0.4, -0.2) is 30.0 Å². The van der Waals surface area contributed by atoms with Gasteiger partial charge >= 0.3 is 0 Å². The smallest absolute Gasteiger partial charge is 0.00165 e. The quantitative estimate of drug-likeness (QED) is 0.499. The van der Waals surface area contributed by atoms with Gasteiger partial charge in [0, 0.05) is 0 Å². The number of piperidine rings is 1. The van der Waals surface area contributed by atoms with Crippen LogP contribution in [0.5, 0.6) is 0 Å².